The summed E-state index contributed by atoms with van der Waals surface area (Å²) >= 11 is 6.49. The lowest BCUT2D eigenvalue weighted by atomic mass is 10.1. The zero-order valence-corrected chi connectivity index (χ0v) is 14.6. The van der Waals surface area contributed by atoms with E-state index in [4.69, 9.17) is 21.6 Å². The number of nitrogens with zero attached hydrogens (tertiary/aromatic N) is 1. The zero-order valence-electron chi connectivity index (χ0n) is 12.2. The second-order valence-electron chi connectivity index (χ2n) is 4.76. The lowest BCUT2D eigenvalue weighted by molar-refractivity contribution is -0.0605. The molecule has 0 aliphatic rings. The van der Waals surface area contributed by atoms with E-state index in [-0.39, 0.29) is 21.3 Å². The monoisotopic (exact) mass is 410 g/mol. The summed E-state index contributed by atoms with van der Waals surface area (Å²) in [6.45, 7) is 0. The van der Waals surface area contributed by atoms with Crippen molar-refractivity contribution in [3.63, 3.8) is 0 Å². The molecule has 0 radical (unpaired) electrons. The highest BCUT2D eigenvalue weighted by atomic mass is 35.5. The molecular weight excluding hydrogens is 401 g/mol. The molecule has 0 aliphatic heterocycles. The lowest BCUT2D eigenvalue weighted by Gasteiger charge is -2.10. The Morgan fingerprint density at radius 3 is 2.40 bits per heavy atom. The van der Waals surface area contributed by atoms with Gasteiger partial charge < -0.3 is 5.41 Å². The molecule has 5 nitrogen and oxygen atoms in total. The van der Waals surface area contributed by atoms with Gasteiger partial charge in [0.05, 0.1) is 21.3 Å². The first-order valence-corrected chi connectivity index (χ1v) is 9.16. The van der Waals surface area contributed by atoms with Crippen LogP contribution in [0.15, 0.2) is 45.6 Å². The van der Waals surface area contributed by atoms with E-state index in [0.29, 0.717) is 11.3 Å². The number of halogens is 4. The van der Waals surface area contributed by atoms with Crippen LogP contribution in [0.5, 0.6) is 0 Å². The molecule has 0 saturated heterocycles. The number of alkyl halides is 3. The summed E-state index contributed by atoms with van der Waals surface area (Å²) in [5.74, 6) is 0. The number of hydrogen-bond donors (Lipinski definition) is 2. The van der Waals surface area contributed by atoms with Crippen molar-refractivity contribution in [1.29, 1.82) is 5.41 Å². The van der Waals surface area contributed by atoms with E-state index < -0.39 is 32.6 Å². The molecule has 2 N–H and O–H groups in total. The van der Waals surface area contributed by atoms with Gasteiger partial charge >= 0.3 is 16.3 Å². The number of rotatable bonds is 5. The third-order valence-electron chi connectivity index (χ3n) is 2.91. The molecule has 11 heteroatoms. The molecule has 0 spiro atoms. The summed E-state index contributed by atoms with van der Waals surface area (Å²) in [6.07, 6.45) is -5.72. The van der Waals surface area contributed by atoms with E-state index in [1.54, 1.807) is 12.1 Å². The summed E-state index contributed by atoms with van der Waals surface area (Å²) in [5.41, 5.74) is -1.55. The van der Waals surface area contributed by atoms with Crippen LogP contribution >= 0.6 is 22.9 Å². The fourth-order valence-corrected chi connectivity index (χ4v) is 3.58. The smallest absolute Gasteiger partial charge is 0.300 e. The molecule has 0 atom stereocenters. The van der Waals surface area contributed by atoms with Crippen molar-refractivity contribution in [3.05, 3.63) is 46.3 Å². The highest BCUT2D eigenvalue weighted by Crippen LogP contribution is 2.30. The molecule has 0 saturated carbocycles. The molecule has 1 aromatic heterocycles. The molecule has 2 aromatic rings. The topological polar surface area (TPSA) is 90.6 Å². The SMILES string of the molecule is N=C(CC(=Nc1ccccc1Cl)c1ccc(S(=O)(=O)O)s1)C(F)(F)F. The van der Waals surface area contributed by atoms with Crippen molar-refractivity contribution in [2.24, 2.45) is 4.99 Å². The van der Waals surface area contributed by atoms with Crippen molar-refractivity contribution in [1.82, 2.24) is 0 Å². The predicted molar refractivity (Wildman–Crippen MR) is 90.2 cm³/mol. The number of para-hydroxylation sites is 1. The minimum absolute atomic E-state index is 0.0709. The minimum Gasteiger partial charge on any atom is -0.300 e. The fourth-order valence-electron chi connectivity index (χ4n) is 1.75. The van der Waals surface area contributed by atoms with Gasteiger partial charge in [-0.05, 0) is 24.3 Å². The maximum Gasteiger partial charge on any atom is 0.429 e. The third kappa shape index (κ3) is 5.11. The van der Waals surface area contributed by atoms with Crippen LogP contribution in [0.2, 0.25) is 5.02 Å². The van der Waals surface area contributed by atoms with E-state index in [9.17, 15) is 21.6 Å². The highest BCUT2D eigenvalue weighted by Gasteiger charge is 2.35. The van der Waals surface area contributed by atoms with E-state index in [1.165, 1.54) is 18.2 Å². The Hall–Kier alpha value is -1.75. The van der Waals surface area contributed by atoms with Crippen LogP contribution in [0.25, 0.3) is 0 Å². The van der Waals surface area contributed by atoms with Crippen molar-refractivity contribution in [2.45, 2.75) is 16.8 Å². The van der Waals surface area contributed by atoms with Gasteiger partial charge in [-0.3, -0.25) is 9.55 Å². The van der Waals surface area contributed by atoms with Crippen LogP contribution in [-0.2, 0) is 10.1 Å². The number of thiophene rings is 1. The van der Waals surface area contributed by atoms with Gasteiger partial charge in [0, 0.05) is 6.42 Å². The second kappa shape index (κ2) is 7.24. The third-order valence-corrected chi connectivity index (χ3v) is 5.69. The van der Waals surface area contributed by atoms with Crippen LogP contribution < -0.4 is 0 Å². The van der Waals surface area contributed by atoms with E-state index >= 15 is 0 Å². The zero-order chi connectivity index (χ0) is 18.8. The Morgan fingerprint density at radius 1 is 1.24 bits per heavy atom. The Kier molecular flexibility index (Phi) is 5.67. The van der Waals surface area contributed by atoms with Gasteiger partial charge in [0.2, 0.25) is 0 Å². The van der Waals surface area contributed by atoms with Gasteiger partial charge in [0.25, 0.3) is 0 Å². The molecule has 25 heavy (non-hydrogen) atoms. The van der Waals surface area contributed by atoms with E-state index in [0.717, 1.165) is 6.07 Å². The van der Waals surface area contributed by atoms with Crippen molar-refractivity contribution in [2.75, 3.05) is 0 Å². The van der Waals surface area contributed by atoms with Crippen LogP contribution in [0.1, 0.15) is 11.3 Å². The van der Waals surface area contributed by atoms with Gasteiger partial charge in [-0.25, -0.2) is 0 Å². The van der Waals surface area contributed by atoms with Gasteiger partial charge in [0.15, 0.2) is 0 Å². The standard InChI is InChI=1S/C14H10ClF3N2O3S2/c15-8-3-1-2-4-9(8)20-10(7-12(19)14(16,17)18)11-5-6-13(24-11)25(21,22)23/h1-6,19H,7H2,(H,21,22,23). The highest BCUT2D eigenvalue weighted by molar-refractivity contribution is 7.88. The Balaban J connectivity index is 2.51. The van der Waals surface area contributed by atoms with Crippen molar-refractivity contribution >= 4 is 50.2 Å². The number of hydrogen-bond acceptors (Lipinski definition) is 5. The van der Waals surface area contributed by atoms with E-state index in [2.05, 4.69) is 4.99 Å². The average molecular weight is 411 g/mol. The Bertz CT molecular complexity index is 937. The van der Waals surface area contributed by atoms with Gasteiger partial charge in [0.1, 0.15) is 9.92 Å². The predicted octanol–water partition coefficient (Wildman–Crippen LogP) is 4.74. The summed E-state index contributed by atoms with van der Waals surface area (Å²) in [6, 6.07) is 8.42. The van der Waals surface area contributed by atoms with Crippen LogP contribution in [0, 0.1) is 5.41 Å². The molecule has 0 aliphatic carbocycles. The van der Waals surface area contributed by atoms with Gasteiger partial charge in [-0.2, -0.15) is 21.6 Å². The van der Waals surface area contributed by atoms with Crippen LogP contribution in [0.4, 0.5) is 18.9 Å². The fraction of sp³-hybridized carbons (Fsp3) is 0.143. The van der Waals surface area contributed by atoms with Crippen LogP contribution in [0.3, 0.4) is 0 Å². The minimum atomic E-state index is -4.84. The number of aliphatic imine (C=N–C) groups is 1. The summed E-state index contributed by atoms with van der Waals surface area (Å²) in [4.78, 5) is 4.13. The summed E-state index contributed by atoms with van der Waals surface area (Å²) in [5, 5.41) is 7.35. The average Bonchev–Trinajstić information content (AvgIpc) is 2.97. The Labute approximate surface area is 150 Å². The first-order valence-electron chi connectivity index (χ1n) is 6.53. The van der Waals surface area contributed by atoms with Gasteiger partial charge in [-0.15, -0.1) is 11.3 Å². The normalized spacial score (nSPS) is 13.1. The molecule has 2 rings (SSSR count). The van der Waals surface area contributed by atoms with Crippen molar-refractivity contribution < 1.29 is 26.1 Å². The first-order chi connectivity index (χ1) is 11.5. The second-order valence-corrected chi connectivity index (χ2v) is 7.90. The molecule has 0 fully saturated rings. The number of nitrogens with one attached hydrogen (secondary N) is 1. The maximum atomic E-state index is 12.7. The molecule has 0 amide bonds. The van der Waals surface area contributed by atoms with E-state index in [1.807, 2.05) is 0 Å². The summed E-state index contributed by atoms with van der Waals surface area (Å²) in [7, 11) is -4.49. The summed E-state index contributed by atoms with van der Waals surface area (Å²) < 4.78 is 69.0. The largest absolute Gasteiger partial charge is 0.429 e. The van der Waals surface area contributed by atoms with Gasteiger partial charge in [-0.1, -0.05) is 23.7 Å². The first kappa shape index (κ1) is 19.6. The molecular formula is C14H10ClF3N2O3S2. The molecule has 134 valence electrons. The lowest BCUT2D eigenvalue weighted by Crippen LogP contribution is -2.24. The Morgan fingerprint density at radius 2 is 1.88 bits per heavy atom. The number of benzene rings is 1. The molecule has 0 bridgehead atoms. The quantitative estimate of drug-likeness (QED) is 0.551. The molecule has 1 heterocycles. The molecule has 1 aromatic carbocycles. The van der Waals surface area contributed by atoms with Crippen molar-refractivity contribution in [3.8, 4) is 0 Å². The van der Waals surface area contributed by atoms with Crippen LogP contribution in [-0.4, -0.2) is 30.6 Å². The molecule has 0 unspecified atom stereocenters. The maximum absolute atomic E-state index is 12.7.